The maximum absolute atomic E-state index is 13.1. The zero-order valence-electron chi connectivity index (χ0n) is 16.5. The van der Waals surface area contributed by atoms with Crippen LogP contribution in [-0.4, -0.2) is 17.5 Å². The van der Waals surface area contributed by atoms with Crippen LogP contribution >= 0.6 is 0 Å². The van der Waals surface area contributed by atoms with Gasteiger partial charge >= 0.3 is 5.97 Å². The molecule has 9 heteroatoms. The highest BCUT2D eigenvalue weighted by atomic mass is 19.1. The summed E-state index contributed by atoms with van der Waals surface area (Å²) < 4.78 is 29.3. The fourth-order valence-electron chi connectivity index (χ4n) is 2.64. The molecule has 0 fully saturated rings. The average Bonchev–Trinajstić information content (AvgIpc) is 2.74. The fraction of sp³-hybridized carbons (Fsp3) is 0.136. The number of rotatable bonds is 8. The summed E-state index contributed by atoms with van der Waals surface area (Å²) in [7, 11) is 0. The Morgan fingerprint density at radius 3 is 1.97 bits per heavy atom. The molecule has 0 heterocycles. The lowest BCUT2D eigenvalue weighted by atomic mass is 10.1. The average molecular weight is 426 g/mol. The second-order valence-corrected chi connectivity index (χ2v) is 6.56. The summed E-state index contributed by atoms with van der Waals surface area (Å²) in [5, 5.41) is 11.3. The third kappa shape index (κ3) is 6.25. The highest BCUT2D eigenvalue weighted by molar-refractivity contribution is 5.65. The van der Waals surface area contributed by atoms with Crippen LogP contribution in [0, 0.1) is 15.9 Å². The number of hydrogen-bond donors (Lipinski definition) is 1. The van der Waals surface area contributed by atoms with Crippen molar-refractivity contribution >= 4 is 11.7 Å². The lowest BCUT2D eigenvalue weighted by Gasteiger charge is -2.13. The molecule has 0 aliphatic carbocycles. The summed E-state index contributed by atoms with van der Waals surface area (Å²) in [6.07, 6.45) is 0. The molecule has 1 atom stereocenters. The van der Waals surface area contributed by atoms with Crippen LogP contribution in [0.3, 0.4) is 0 Å². The van der Waals surface area contributed by atoms with Gasteiger partial charge in [0.2, 0.25) is 0 Å². The van der Waals surface area contributed by atoms with Gasteiger partial charge in [-0.1, -0.05) is 12.1 Å². The van der Waals surface area contributed by atoms with Gasteiger partial charge in [-0.05, 0) is 42.0 Å². The highest BCUT2D eigenvalue weighted by Crippen LogP contribution is 2.33. The molecule has 0 saturated heterocycles. The Kier molecular flexibility index (Phi) is 6.78. The summed E-state index contributed by atoms with van der Waals surface area (Å²) in [5.41, 5.74) is 6.47. The van der Waals surface area contributed by atoms with Crippen LogP contribution in [0.15, 0.2) is 66.7 Å². The van der Waals surface area contributed by atoms with Gasteiger partial charge in [0.25, 0.3) is 5.69 Å². The van der Waals surface area contributed by atoms with Gasteiger partial charge < -0.3 is 19.9 Å². The molecule has 2 N–H and O–H groups in total. The van der Waals surface area contributed by atoms with Crippen molar-refractivity contribution in [3.05, 3.63) is 88.2 Å². The summed E-state index contributed by atoms with van der Waals surface area (Å²) >= 11 is 0. The maximum Gasteiger partial charge on any atom is 0.302 e. The van der Waals surface area contributed by atoms with Crippen LogP contribution in [0.5, 0.6) is 23.0 Å². The molecule has 0 spiro atoms. The first kappa shape index (κ1) is 21.7. The Morgan fingerprint density at radius 2 is 1.48 bits per heavy atom. The summed E-state index contributed by atoms with van der Waals surface area (Å²) in [5.74, 6) is 0.237. The van der Waals surface area contributed by atoms with E-state index in [2.05, 4.69) is 0 Å². The molecular formula is C22H19FN2O6. The van der Waals surface area contributed by atoms with E-state index in [-0.39, 0.29) is 23.8 Å². The number of nitro groups is 1. The zero-order valence-corrected chi connectivity index (χ0v) is 16.5. The number of carbonyl (C=O) groups is 1. The lowest BCUT2D eigenvalue weighted by molar-refractivity contribution is -0.385. The first-order valence-corrected chi connectivity index (χ1v) is 9.20. The largest absolute Gasteiger partial charge is 0.464 e. The van der Waals surface area contributed by atoms with Crippen LogP contribution in [0.1, 0.15) is 18.5 Å². The lowest BCUT2D eigenvalue weighted by Crippen LogP contribution is -2.18. The molecule has 0 aromatic heterocycles. The molecule has 1 unspecified atom stereocenters. The third-order valence-electron chi connectivity index (χ3n) is 4.14. The van der Waals surface area contributed by atoms with E-state index in [1.165, 1.54) is 49.4 Å². The number of benzene rings is 3. The van der Waals surface area contributed by atoms with Gasteiger partial charge in [-0.3, -0.25) is 14.9 Å². The minimum atomic E-state index is -0.568. The Morgan fingerprint density at radius 1 is 0.968 bits per heavy atom. The van der Waals surface area contributed by atoms with Crippen molar-refractivity contribution in [1.29, 1.82) is 0 Å². The molecule has 31 heavy (non-hydrogen) atoms. The second kappa shape index (κ2) is 9.68. The number of carbonyl (C=O) groups excluding carboxylic acids is 1. The number of esters is 1. The monoisotopic (exact) mass is 426 g/mol. The Labute approximate surface area is 177 Å². The van der Waals surface area contributed by atoms with E-state index in [9.17, 15) is 19.3 Å². The smallest absolute Gasteiger partial charge is 0.302 e. The van der Waals surface area contributed by atoms with Crippen molar-refractivity contribution in [3.63, 3.8) is 0 Å². The van der Waals surface area contributed by atoms with Gasteiger partial charge in [-0.2, -0.15) is 0 Å². The standard InChI is InChI=1S/C22H19FN2O6/c1-14(26)29-13-22(24)15-2-6-18(7-3-15)30-20-10-17(25(27)28)11-21(12-20)31-19-8-4-16(23)5-9-19/h2-12,22H,13,24H2,1H3. The van der Waals surface area contributed by atoms with Gasteiger partial charge in [0.1, 0.15) is 35.4 Å². The van der Waals surface area contributed by atoms with E-state index in [1.54, 1.807) is 24.3 Å². The molecule has 8 nitrogen and oxygen atoms in total. The topological polar surface area (TPSA) is 114 Å². The molecule has 3 aromatic carbocycles. The van der Waals surface area contributed by atoms with Crippen molar-refractivity contribution in [1.82, 2.24) is 0 Å². The zero-order chi connectivity index (χ0) is 22.4. The van der Waals surface area contributed by atoms with Crippen molar-refractivity contribution in [2.75, 3.05) is 6.61 Å². The summed E-state index contributed by atoms with van der Waals surface area (Å²) in [4.78, 5) is 21.6. The quantitative estimate of drug-likeness (QED) is 0.310. The predicted molar refractivity (Wildman–Crippen MR) is 110 cm³/mol. The third-order valence-corrected chi connectivity index (χ3v) is 4.14. The number of hydrogen-bond acceptors (Lipinski definition) is 7. The highest BCUT2D eigenvalue weighted by Gasteiger charge is 2.14. The molecule has 0 amide bonds. The van der Waals surface area contributed by atoms with E-state index in [4.69, 9.17) is 19.9 Å². The van der Waals surface area contributed by atoms with Crippen LogP contribution in [0.25, 0.3) is 0 Å². The van der Waals surface area contributed by atoms with Gasteiger partial charge in [0, 0.05) is 13.0 Å². The molecule has 0 aliphatic heterocycles. The Hall–Kier alpha value is -3.98. The molecule has 0 saturated carbocycles. The Bertz CT molecular complexity index is 1070. The van der Waals surface area contributed by atoms with E-state index >= 15 is 0 Å². The Balaban J connectivity index is 1.77. The van der Waals surface area contributed by atoms with E-state index in [0.29, 0.717) is 11.5 Å². The molecular weight excluding hydrogens is 407 g/mol. The SMILES string of the molecule is CC(=O)OCC(N)c1ccc(Oc2cc(Oc3ccc(F)cc3)cc([N+](=O)[O-])c2)cc1. The van der Waals surface area contributed by atoms with Gasteiger partial charge in [-0.25, -0.2) is 4.39 Å². The first-order chi connectivity index (χ1) is 14.8. The molecule has 160 valence electrons. The normalized spacial score (nSPS) is 11.5. The maximum atomic E-state index is 13.1. The molecule has 3 aromatic rings. The van der Waals surface area contributed by atoms with Crippen molar-refractivity contribution in [2.24, 2.45) is 5.73 Å². The predicted octanol–water partition coefficient (Wildman–Crippen LogP) is 4.88. The van der Waals surface area contributed by atoms with Crippen LogP contribution in [0.2, 0.25) is 0 Å². The van der Waals surface area contributed by atoms with Gasteiger partial charge in [0.05, 0.1) is 23.1 Å². The molecule has 3 rings (SSSR count). The van der Waals surface area contributed by atoms with Crippen LogP contribution < -0.4 is 15.2 Å². The first-order valence-electron chi connectivity index (χ1n) is 9.20. The summed E-state index contributed by atoms with van der Waals surface area (Å²) in [6.45, 7) is 1.35. The number of nitro benzene ring substituents is 1. The fourth-order valence-corrected chi connectivity index (χ4v) is 2.64. The van der Waals surface area contributed by atoms with Gasteiger partial charge in [-0.15, -0.1) is 0 Å². The minimum absolute atomic E-state index is 0.0461. The van der Waals surface area contributed by atoms with Crippen molar-refractivity contribution in [2.45, 2.75) is 13.0 Å². The molecule has 0 bridgehead atoms. The number of nitrogens with zero attached hydrogens (tertiary/aromatic N) is 1. The van der Waals surface area contributed by atoms with E-state index in [0.717, 1.165) is 5.56 Å². The number of halogens is 1. The van der Waals surface area contributed by atoms with Crippen LogP contribution in [-0.2, 0) is 9.53 Å². The number of ether oxygens (including phenoxy) is 3. The van der Waals surface area contributed by atoms with E-state index < -0.39 is 22.8 Å². The number of non-ortho nitro benzene ring substituents is 1. The van der Waals surface area contributed by atoms with E-state index in [1.807, 2.05) is 0 Å². The molecule has 0 radical (unpaired) electrons. The van der Waals surface area contributed by atoms with Crippen molar-refractivity contribution < 1.29 is 28.3 Å². The summed E-state index contributed by atoms with van der Waals surface area (Å²) in [6, 6.07) is 15.4. The number of nitrogens with two attached hydrogens (primary N) is 1. The van der Waals surface area contributed by atoms with Crippen LogP contribution in [0.4, 0.5) is 10.1 Å². The molecule has 0 aliphatic rings. The second-order valence-electron chi connectivity index (χ2n) is 6.56. The van der Waals surface area contributed by atoms with Gasteiger partial charge in [0.15, 0.2) is 0 Å². The minimum Gasteiger partial charge on any atom is -0.464 e. The van der Waals surface area contributed by atoms with Crippen molar-refractivity contribution in [3.8, 4) is 23.0 Å².